The van der Waals surface area contributed by atoms with Crippen molar-refractivity contribution in [1.82, 2.24) is 14.6 Å². The van der Waals surface area contributed by atoms with E-state index in [-0.39, 0.29) is 5.82 Å². The molecule has 0 N–H and O–H groups in total. The van der Waals surface area contributed by atoms with Crippen molar-refractivity contribution in [3.8, 4) is 11.1 Å². The maximum Gasteiger partial charge on any atom is 0.163 e. The number of aryl methyl sites for hydroxylation is 3. The Labute approximate surface area is 121 Å². The minimum Gasteiger partial charge on any atom is -0.232 e. The number of aromatic nitrogens is 3. The maximum atomic E-state index is 13.1. The van der Waals surface area contributed by atoms with E-state index in [4.69, 9.17) is 11.6 Å². The summed E-state index contributed by atoms with van der Waals surface area (Å²) in [4.78, 5) is 4.53. The number of nitrogens with zero attached hydrogens (tertiary/aromatic N) is 3. The second-order valence-corrected chi connectivity index (χ2v) is 5.18. The summed E-state index contributed by atoms with van der Waals surface area (Å²) in [5.41, 5.74) is 5.01. The summed E-state index contributed by atoms with van der Waals surface area (Å²) < 4.78 is 14.8. The molecule has 2 heterocycles. The number of rotatable bonds is 1. The third-order valence-corrected chi connectivity index (χ3v) is 3.94. The van der Waals surface area contributed by atoms with E-state index in [0.717, 1.165) is 33.9 Å². The second kappa shape index (κ2) is 4.56. The number of hydrogen-bond donors (Lipinski definition) is 0. The van der Waals surface area contributed by atoms with E-state index < -0.39 is 0 Å². The molecule has 102 valence electrons. The second-order valence-electron chi connectivity index (χ2n) is 4.80. The van der Waals surface area contributed by atoms with E-state index >= 15 is 0 Å². The Morgan fingerprint density at radius 3 is 2.35 bits per heavy atom. The van der Waals surface area contributed by atoms with Crippen LogP contribution in [0.5, 0.6) is 0 Å². The molecule has 0 aliphatic carbocycles. The Balaban J connectivity index is 2.36. The van der Waals surface area contributed by atoms with Crippen molar-refractivity contribution in [2.24, 2.45) is 0 Å². The van der Waals surface area contributed by atoms with Gasteiger partial charge < -0.3 is 0 Å². The first-order chi connectivity index (χ1) is 9.49. The first kappa shape index (κ1) is 13.1. The van der Waals surface area contributed by atoms with Crippen LogP contribution in [0.1, 0.15) is 17.1 Å². The third-order valence-electron chi connectivity index (χ3n) is 3.40. The van der Waals surface area contributed by atoms with Gasteiger partial charge in [-0.25, -0.2) is 13.9 Å². The molecule has 20 heavy (non-hydrogen) atoms. The van der Waals surface area contributed by atoms with Gasteiger partial charge in [-0.3, -0.25) is 0 Å². The van der Waals surface area contributed by atoms with E-state index in [2.05, 4.69) is 10.1 Å². The molecule has 2 aromatic heterocycles. The van der Waals surface area contributed by atoms with Crippen molar-refractivity contribution in [1.29, 1.82) is 0 Å². The van der Waals surface area contributed by atoms with E-state index in [1.807, 2.05) is 20.8 Å². The average Bonchev–Trinajstić information content (AvgIpc) is 2.74. The predicted molar refractivity (Wildman–Crippen MR) is 77.6 cm³/mol. The van der Waals surface area contributed by atoms with Crippen molar-refractivity contribution in [2.75, 3.05) is 0 Å². The Bertz CT molecular complexity index is 806. The monoisotopic (exact) mass is 289 g/mol. The maximum absolute atomic E-state index is 13.1. The molecule has 0 saturated heterocycles. The van der Waals surface area contributed by atoms with Gasteiger partial charge in [-0.1, -0.05) is 23.7 Å². The van der Waals surface area contributed by atoms with Crippen LogP contribution in [0.3, 0.4) is 0 Å². The van der Waals surface area contributed by atoms with Crippen LogP contribution >= 0.6 is 11.6 Å². The number of halogens is 2. The quantitative estimate of drug-likeness (QED) is 0.675. The van der Waals surface area contributed by atoms with Gasteiger partial charge in [0.1, 0.15) is 5.82 Å². The number of hydrogen-bond acceptors (Lipinski definition) is 2. The molecule has 3 aromatic rings. The van der Waals surface area contributed by atoms with Gasteiger partial charge >= 0.3 is 0 Å². The number of fused-ring (bicyclic) bond motifs is 1. The molecule has 0 aliphatic rings. The average molecular weight is 290 g/mol. The summed E-state index contributed by atoms with van der Waals surface area (Å²) in [6, 6.07) is 6.35. The van der Waals surface area contributed by atoms with Crippen LogP contribution < -0.4 is 0 Å². The SMILES string of the molecule is Cc1nc2c(-c3ccc(F)cc3)c(C)nn2c(C)c1Cl. The molecule has 3 nitrogen and oxygen atoms in total. The van der Waals surface area contributed by atoms with Gasteiger partial charge in [-0.2, -0.15) is 5.10 Å². The van der Waals surface area contributed by atoms with Crippen LogP contribution in [-0.4, -0.2) is 14.6 Å². The highest BCUT2D eigenvalue weighted by Gasteiger charge is 2.17. The summed E-state index contributed by atoms with van der Waals surface area (Å²) in [5.74, 6) is -0.258. The molecule has 0 spiro atoms. The van der Waals surface area contributed by atoms with E-state index in [1.165, 1.54) is 12.1 Å². The lowest BCUT2D eigenvalue weighted by Gasteiger charge is -2.06. The molecule has 0 atom stereocenters. The summed E-state index contributed by atoms with van der Waals surface area (Å²) in [6.07, 6.45) is 0. The van der Waals surface area contributed by atoms with E-state index in [9.17, 15) is 4.39 Å². The van der Waals surface area contributed by atoms with E-state index in [1.54, 1.807) is 16.6 Å². The zero-order valence-electron chi connectivity index (χ0n) is 11.4. The van der Waals surface area contributed by atoms with Crippen molar-refractivity contribution in [3.63, 3.8) is 0 Å². The lowest BCUT2D eigenvalue weighted by atomic mass is 10.1. The van der Waals surface area contributed by atoms with E-state index in [0.29, 0.717) is 5.02 Å². The fraction of sp³-hybridized carbons (Fsp3) is 0.200. The molecule has 0 saturated carbocycles. The molecule has 0 aliphatic heterocycles. The van der Waals surface area contributed by atoms with Crippen LogP contribution in [0.25, 0.3) is 16.8 Å². The summed E-state index contributed by atoms with van der Waals surface area (Å²) >= 11 is 6.21. The molecule has 0 bridgehead atoms. The molecule has 0 fully saturated rings. The zero-order chi connectivity index (χ0) is 14.4. The summed E-state index contributed by atoms with van der Waals surface area (Å²) in [7, 11) is 0. The standard InChI is InChI=1S/C15H13ClFN3/c1-8-13(11-4-6-12(17)7-5-11)15-18-9(2)14(16)10(3)20(15)19-8/h4-7H,1-3H3. The fourth-order valence-electron chi connectivity index (χ4n) is 2.37. The molecule has 3 rings (SSSR count). The zero-order valence-corrected chi connectivity index (χ0v) is 12.2. The minimum absolute atomic E-state index is 0.258. The van der Waals surface area contributed by atoms with Gasteiger partial charge in [0.2, 0.25) is 0 Å². The van der Waals surface area contributed by atoms with Gasteiger partial charge in [0.15, 0.2) is 5.65 Å². The van der Waals surface area contributed by atoms with Crippen molar-refractivity contribution in [2.45, 2.75) is 20.8 Å². The molecule has 0 unspecified atom stereocenters. The highest BCUT2D eigenvalue weighted by molar-refractivity contribution is 6.31. The van der Waals surface area contributed by atoms with Crippen LogP contribution in [-0.2, 0) is 0 Å². The molecular formula is C15H13ClFN3. The van der Waals surface area contributed by atoms with Crippen molar-refractivity contribution < 1.29 is 4.39 Å². The van der Waals surface area contributed by atoms with Gasteiger partial charge in [-0.15, -0.1) is 0 Å². The number of benzene rings is 1. The lowest BCUT2D eigenvalue weighted by Crippen LogP contribution is -1.99. The topological polar surface area (TPSA) is 30.2 Å². The predicted octanol–water partition coefficient (Wildman–Crippen LogP) is 4.11. The largest absolute Gasteiger partial charge is 0.232 e. The first-order valence-electron chi connectivity index (χ1n) is 6.27. The van der Waals surface area contributed by atoms with Crippen LogP contribution in [0.4, 0.5) is 4.39 Å². The molecule has 0 amide bonds. The van der Waals surface area contributed by atoms with Crippen molar-refractivity contribution in [3.05, 3.63) is 52.2 Å². The fourth-order valence-corrected chi connectivity index (χ4v) is 2.49. The van der Waals surface area contributed by atoms with Gasteiger partial charge in [0.05, 0.1) is 22.1 Å². The molecule has 0 radical (unpaired) electrons. The van der Waals surface area contributed by atoms with Gasteiger partial charge in [0, 0.05) is 5.56 Å². The normalized spacial score (nSPS) is 11.2. The molecule has 1 aromatic carbocycles. The highest BCUT2D eigenvalue weighted by Crippen LogP contribution is 2.30. The Morgan fingerprint density at radius 1 is 1.05 bits per heavy atom. The molecular weight excluding hydrogens is 277 g/mol. The van der Waals surface area contributed by atoms with Crippen LogP contribution in [0.2, 0.25) is 5.02 Å². The molecule has 5 heteroatoms. The Kier molecular flexibility index (Phi) is 2.98. The Morgan fingerprint density at radius 2 is 1.70 bits per heavy atom. The van der Waals surface area contributed by atoms with Gasteiger partial charge in [0.25, 0.3) is 0 Å². The minimum atomic E-state index is -0.258. The Hall–Kier alpha value is -1.94. The third kappa shape index (κ3) is 1.88. The van der Waals surface area contributed by atoms with Crippen LogP contribution in [0, 0.1) is 26.6 Å². The highest BCUT2D eigenvalue weighted by atomic mass is 35.5. The van der Waals surface area contributed by atoms with Gasteiger partial charge in [-0.05, 0) is 38.5 Å². The van der Waals surface area contributed by atoms with Crippen LogP contribution in [0.15, 0.2) is 24.3 Å². The summed E-state index contributed by atoms with van der Waals surface area (Å²) in [5, 5.41) is 5.11. The first-order valence-corrected chi connectivity index (χ1v) is 6.65. The summed E-state index contributed by atoms with van der Waals surface area (Å²) in [6.45, 7) is 5.69. The smallest absolute Gasteiger partial charge is 0.163 e. The van der Waals surface area contributed by atoms with Crippen molar-refractivity contribution >= 4 is 17.2 Å². The lowest BCUT2D eigenvalue weighted by molar-refractivity contribution is 0.628.